The Morgan fingerprint density at radius 2 is 1.69 bits per heavy atom. The smallest absolute Gasteiger partial charge is 0.255 e. The summed E-state index contributed by atoms with van der Waals surface area (Å²) >= 11 is 0. The lowest BCUT2D eigenvalue weighted by atomic mass is 10.1. The van der Waals surface area contributed by atoms with Gasteiger partial charge in [0, 0.05) is 43.1 Å². The molecule has 1 aliphatic rings. The van der Waals surface area contributed by atoms with E-state index in [0.717, 1.165) is 50.4 Å². The molecule has 4 heteroatoms. The zero-order valence-electron chi connectivity index (χ0n) is 16.1. The van der Waals surface area contributed by atoms with Gasteiger partial charge in [-0.1, -0.05) is 26.0 Å². The van der Waals surface area contributed by atoms with Crippen LogP contribution in [0.25, 0.3) is 0 Å². The summed E-state index contributed by atoms with van der Waals surface area (Å²) in [6.07, 6.45) is 0.981. The lowest BCUT2D eigenvalue weighted by molar-refractivity contribution is 0.102. The first-order valence-electron chi connectivity index (χ1n) is 9.59. The van der Waals surface area contributed by atoms with Crippen molar-refractivity contribution in [3.8, 4) is 0 Å². The summed E-state index contributed by atoms with van der Waals surface area (Å²) in [7, 11) is 0. The van der Waals surface area contributed by atoms with Gasteiger partial charge < -0.3 is 15.1 Å². The molecule has 0 aromatic heterocycles. The van der Waals surface area contributed by atoms with Crippen LogP contribution in [0.1, 0.15) is 35.3 Å². The number of anilines is 2. The van der Waals surface area contributed by atoms with Crippen molar-refractivity contribution >= 4 is 17.3 Å². The van der Waals surface area contributed by atoms with Crippen LogP contribution < -0.4 is 10.2 Å². The summed E-state index contributed by atoms with van der Waals surface area (Å²) in [5.74, 6) is -0.0555. The summed E-state index contributed by atoms with van der Waals surface area (Å²) in [6.45, 7) is 11.9. The highest BCUT2D eigenvalue weighted by Gasteiger charge is 2.16. The van der Waals surface area contributed by atoms with Crippen LogP contribution in [-0.4, -0.2) is 43.5 Å². The number of carbonyl (C=O) groups is 1. The first kappa shape index (κ1) is 18.5. The summed E-state index contributed by atoms with van der Waals surface area (Å²) < 4.78 is 0. The number of likely N-dealkylation sites (N-methyl/N-ethyl adjacent to an activating group) is 1. The van der Waals surface area contributed by atoms with Gasteiger partial charge in [-0.25, -0.2) is 0 Å². The molecule has 2 aromatic rings. The van der Waals surface area contributed by atoms with Crippen LogP contribution in [0.3, 0.4) is 0 Å². The number of hydrogen-bond acceptors (Lipinski definition) is 3. The number of benzene rings is 2. The van der Waals surface area contributed by atoms with Crippen molar-refractivity contribution in [2.45, 2.75) is 27.2 Å². The van der Waals surface area contributed by atoms with E-state index in [4.69, 9.17) is 0 Å². The van der Waals surface area contributed by atoms with Gasteiger partial charge in [0.25, 0.3) is 5.91 Å². The van der Waals surface area contributed by atoms with Crippen LogP contribution in [0.5, 0.6) is 0 Å². The van der Waals surface area contributed by atoms with Gasteiger partial charge in [0.1, 0.15) is 0 Å². The average Bonchev–Trinajstić information content (AvgIpc) is 2.69. The second kappa shape index (κ2) is 8.37. The number of carbonyl (C=O) groups excluding carboxylic acids is 1. The Bertz CT molecular complexity index is 746. The molecule has 26 heavy (non-hydrogen) atoms. The second-order valence-corrected chi connectivity index (χ2v) is 6.93. The molecule has 0 saturated carbocycles. The summed E-state index contributed by atoms with van der Waals surface area (Å²) in [4.78, 5) is 17.4. The molecule has 0 atom stereocenters. The maximum atomic E-state index is 12.5. The number of piperazine rings is 1. The lowest BCUT2D eigenvalue weighted by Gasteiger charge is -2.35. The molecule has 1 heterocycles. The number of aryl methyl sites for hydroxylation is 2. The van der Waals surface area contributed by atoms with Crippen molar-refractivity contribution in [1.29, 1.82) is 0 Å². The zero-order valence-corrected chi connectivity index (χ0v) is 16.1. The van der Waals surface area contributed by atoms with Crippen molar-refractivity contribution in [3.63, 3.8) is 0 Å². The fraction of sp³-hybridized carbons (Fsp3) is 0.409. The van der Waals surface area contributed by atoms with Crippen molar-refractivity contribution in [3.05, 3.63) is 59.2 Å². The topological polar surface area (TPSA) is 35.6 Å². The fourth-order valence-corrected chi connectivity index (χ4v) is 3.39. The monoisotopic (exact) mass is 351 g/mol. The number of amides is 1. The van der Waals surface area contributed by atoms with Gasteiger partial charge >= 0.3 is 0 Å². The van der Waals surface area contributed by atoms with E-state index in [0.29, 0.717) is 5.56 Å². The molecule has 1 N–H and O–H groups in total. The van der Waals surface area contributed by atoms with Crippen LogP contribution in [0, 0.1) is 6.92 Å². The zero-order chi connectivity index (χ0) is 18.5. The van der Waals surface area contributed by atoms with E-state index in [-0.39, 0.29) is 5.91 Å². The Balaban J connectivity index is 1.66. The minimum Gasteiger partial charge on any atom is -0.369 e. The van der Waals surface area contributed by atoms with E-state index in [1.165, 1.54) is 11.3 Å². The summed E-state index contributed by atoms with van der Waals surface area (Å²) in [6, 6.07) is 14.1. The van der Waals surface area contributed by atoms with E-state index in [1.54, 1.807) is 0 Å². The maximum Gasteiger partial charge on any atom is 0.255 e. The van der Waals surface area contributed by atoms with Gasteiger partial charge in [-0.05, 0) is 61.3 Å². The fourth-order valence-electron chi connectivity index (χ4n) is 3.39. The molecule has 2 aromatic carbocycles. The summed E-state index contributed by atoms with van der Waals surface area (Å²) in [5.41, 5.74) is 5.15. The highest BCUT2D eigenvalue weighted by Crippen LogP contribution is 2.24. The van der Waals surface area contributed by atoms with Crippen molar-refractivity contribution in [2.75, 3.05) is 42.9 Å². The number of hydrogen-bond donors (Lipinski definition) is 1. The SMILES string of the molecule is CCc1ccc(C(=O)Nc2ccc(N3CCN(CC)CC3)cc2C)cc1. The van der Waals surface area contributed by atoms with Crippen LogP contribution >= 0.6 is 0 Å². The van der Waals surface area contributed by atoms with Gasteiger partial charge in [-0.3, -0.25) is 4.79 Å². The molecule has 0 radical (unpaired) electrons. The first-order valence-corrected chi connectivity index (χ1v) is 9.59. The van der Waals surface area contributed by atoms with E-state index in [9.17, 15) is 4.79 Å². The van der Waals surface area contributed by atoms with Gasteiger partial charge in [0.2, 0.25) is 0 Å². The van der Waals surface area contributed by atoms with E-state index in [1.807, 2.05) is 30.3 Å². The number of rotatable bonds is 5. The molecule has 1 saturated heterocycles. The van der Waals surface area contributed by atoms with Crippen LogP contribution in [-0.2, 0) is 6.42 Å². The largest absolute Gasteiger partial charge is 0.369 e. The van der Waals surface area contributed by atoms with Crippen molar-refractivity contribution in [1.82, 2.24) is 4.90 Å². The number of nitrogens with one attached hydrogen (secondary N) is 1. The highest BCUT2D eigenvalue weighted by atomic mass is 16.1. The van der Waals surface area contributed by atoms with Gasteiger partial charge in [-0.15, -0.1) is 0 Å². The molecular formula is C22H29N3O. The molecular weight excluding hydrogens is 322 g/mol. The Kier molecular flexibility index (Phi) is 5.94. The third-order valence-corrected chi connectivity index (χ3v) is 5.27. The van der Waals surface area contributed by atoms with Crippen LogP contribution in [0.15, 0.2) is 42.5 Å². The third-order valence-electron chi connectivity index (χ3n) is 5.27. The molecule has 0 unspecified atom stereocenters. The van der Waals surface area contributed by atoms with Crippen LogP contribution in [0.2, 0.25) is 0 Å². The minimum atomic E-state index is -0.0555. The molecule has 0 bridgehead atoms. The Labute approximate surface area is 156 Å². The molecule has 3 rings (SSSR count). The lowest BCUT2D eigenvalue weighted by Crippen LogP contribution is -2.46. The van der Waals surface area contributed by atoms with Gasteiger partial charge in [0.05, 0.1) is 0 Å². The molecule has 138 valence electrons. The predicted molar refractivity (Wildman–Crippen MR) is 109 cm³/mol. The predicted octanol–water partition coefficient (Wildman–Crippen LogP) is 3.95. The number of nitrogens with zero attached hydrogens (tertiary/aromatic N) is 2. The normalized spacial score (nSPS) is 15.1. The second-order valence-electron chi connectivity index (χ2n) is 6.93. The quantitative estimate of drug-likeness (QED) is 0.886. The Morgan fingerprint density at radius 1 is 1.00 bits per heavy atom. The Morgan fingerprint density at radius 3 is 2.27 bits per heavy atom. The molecule has 0 aliphatic carbocycles. The van der Waals surface area contributed by atoms with Gasteiger partial charge in [0.15, 0.2) is 0 Å². The highest BCUT2D eigenvalue weighted by molar-refractivity contribution is 6.04. The van der Waals surface area contributed by atoms with E-state index >= 15 is 0 Å². The van der Waals surface area contributed by atoms with Crippen molar-refractivity contribution < 1.29 is 4.79 Å². The third kappa shape index (κ3) is 4.25. The standard InChI is InChI=1S/C22H29N3O/c1-4-18-6-8-19(9-7-18)22(26)23-21-11-10-20(16-17(21)3)25-14-12-24(5-2)13-15-25/h6-11,16H,4-5,12-15H2,1-3H3,(H,23,26). The molecule has 4 nitrogen and oxygen atoms in total. The molecule has 0 spiro atoms. The summed E-state index contributed by atoms with van der Waals surface area (Å²) in [5, 5.41) is 3.04. The van der Waals surface area contributed by atoms with Crippen LogP contribution in [0.4, 0.5) is 11.4 Å². The first-order chi connectivity index (χ1) is 12.6. The van der Waals surface area contributed by atoms with E-state index in [2.05, 4.69) is 48.0 Å². The van der Waals surface area contributed by atoms with Gasteiger partial charge in [-0.2, -0.15) is 0 Å². The molecule has 1 aliphatic heterocycles. The average molecular weight is 351 g/mol. The van der Waals surface area contributed by atoms with Crippen molar-refractivity contribution in [2.24, 2.45) is 0 Å². The van der Waals surface area contributed by atoms with E-state index < -0.39 is 0 Å². The Hall–Kier alpha value is -2.33. The molecule has 1 fully saturated rings. The molecule has 1 amide bonds. The minimum absolute atomic E-state index is 0.0555. The maximum absolute atomic E-state index is 12.5.